The van der Waals surface area contributed by atoms with Gasteiger partial charge in [-0.2, -0.15) is 4.55 Å². The molecule has 0 radical (unpaired) electrons. The molecule has 10 heavy (non-hydrogen) atoms. The van der Waals surface area contributed by atoms with Crippen LogP contribution in [0.3, 0.4) is 0 Å². The maximum atomic E-state index is 10.0. The van der Waals surface area contributed by atoms with Crippen LogP contribution in [-0.4, -0.2) is 9.48 Å². The zero-order chi connectivity index (χ0) is 7.72. The van der Waals surface area contributed by atoms with Crippen molar-refractivity contribution >= 4 is 27.4 Å². The summed E-state index contributed by atoms with van der Waals surface area (Å²) in [5.74, 6) is 0. The molecule has 6 heteroatoms. The Kier molecular flexibility index (Phi) is 1.89. The van der Waals surface area contributed by atoms with E-state index in [9.17, 15) is 10.1 Å². The molecule has 1 unspecified atom stereocenters. The predicted octanol–water partition coefficient (Wildman–Crippen LogP) is 2.13. The van der Waals surface area contributed by atoms with Crippen LogP contribution in [0.15, 0.2) is 11.4 Å². The molecule has 1 atom stereocenters. The highest BCUT2D eigenvalue weighted by Gasteiger charge is 2.25. The molecule has 0 bridgehead atoms. The molecular formula is C4H3ClNO3S+. The van der Waals surface area contributed by atoms with Gasteiger partial charge in [0.25, 0.3) is 0 Å². The van der Waals surface area contributed by atoms with Gasteiger partial charge < -0.3 is 0 Å². The lowest BCUT2D eigenvalue weighted by atomic mass is 10.6. The van der Waals surface area contributed by atoms with Crippen LogP contribution < -0.4 is 0 Å². The average molecular weight is 181 g/mol. The van der Waals surface area contributed by atoms with E-state index >= 15 is 0 Å². The highest BCUT2D eigenvalue weighted by Crippen LogP contribution is 2.33. The molecule has 0 aromatic carbocycles. The van der Waals surface area contributed by atoms with Crippen LogP contribution in [0.2, 0.25) is 5.02 Å². The first-order chi connectivity index (χ1) is 4.61. The van der Waals surface area contributed by atoms with Crippen LogP contribution in [0, 0.1) is 10.1 Å². The number of nitro groups is 1. The van der Waals surface area contributed by atoms with Crippen molar-refractivity contribution in [2.75, 3.05) is 0 Å². The molecule has 0 aliphatic heterocycles. The van der Waals surface area contributed by atoms with E-state index in [-0.39, 0.29) is 10.0 Å². The Morgan fingerprint density at radius 2 is 2.40 bits per heavy atom. The smallest absolute Gasteiger partial charge is 0.254 e. The van der Waals surface area contributed by atoms with Gasteiger partial charge in [0.05, 0.1) is 0 Å². The van der Waals surface area contributed by atoms with Gasteiger partial charge in [-0.3, -0.25) is 10.1 Å². The molecule has 0 aliphatic rings. The summed E-state index contributed by atoms with van der Waals surface area (Å²) in [5.41, 5.74) is 0. The normalized spacial score (nSPS) is 11.6. The molecule has 1 aromatic heterocycles. The van der Waals surface area contributed by atoms with Crippen molar-refractivity contribution < 1.29 is 9.48 Å². The van der Waals surface area contributed by atoms with E-state index < -0.39 is 15.7 Å². The molecule has 1 aromatic rings. The van der Waals surface area contributed by atoms with Crippen molar-refractivity contribution in [3.63, 3.8) is 0 Å². The summed E-state index contributed by atoms with van der Waals surface area (Å²) in [6.07, 6.45) is 0. The zero-order valence-electron chi connectivity index (χ0n) is 4.65. The van der Waals surface area contributed by atoms with Gasteiger partial charge in [0, 0.05) is 0 Å². The van der Waals surface area contributed by atoms with Crippen LogP contribution >= 0.6 is 22.4 Å². The lowest BCUT2D eigenvalue weighted by molar-refractivity contribution is -0.380. The van der Waals surface area contributed by atoms with Gasteiger partial charge >= 0.3 is 5.00 Å². The Morgan fingerprint density at radius 3 is 2.60 bits per heavy atom. The fourth-order valence-electron chi connectivity index (χ4n) is 0.508. The van der Waals surface area contributed by atoms with E-state index in [0.717, 1.165) is 6.07 Å². The molecule has 1 heterocycles. The number of halogens is 1. The van der Waals surface area contributed by atoms with Gasteiger partial charge in [-0.05, 0) is 0 Å². The molecule has 4 nitrogen and oxygen atoms in total. The summed E-state index contributed by atoms with van der Waals surface area (Å²) in [4.78, 5) is 9.41. The third-order valence-electron chi connectivity index (χ3n) is 0.880. The van der Waals surface area contributed by atoms with Crippen LogP contribution in [0.4, 0.5) is 5.00 Å². The van der Waals surface area contributed by atoms with Gasteiger partial charge in [0.15, 0.2) is 0 Å². The predicted molar refractivity (Wildman–Crippen MR) is 37.9 cm³/mol. The minimum absolute atomic E-state index is 0.220. The molecule has 54 valence electrons. The fraction of sp³-hybridized carbons (Fsp3) is 0. The first-order valence-electron chi connectivity index (χ1n) is 2.27. The van der Waals surface area contributed by atoms with E-state index in [2.05, 4.69) is 0 Å². The number of nitrogens with zero attached hydrogens (tertiary/aromatic N) is 1. The molecule has 1 rings (SSSR count). The Balaban J connectivity index is 3.15. The van der Waals surface area contributed by atoms with Crippen molar-refractivity contribution in [3.8, 4) is 0 Å². The average Bonchev–Trinajstić information content (AvgIpc) is 2.10. The maximum absolute atomic E-state index is 10.0. The Bertz CT molecular complexity index is 271. The fourth-order valence-corrected chi connectivity index (χ4v) is 1.73. The molecule has 1 N–H and O–H groups in total. The van der Waals surface area contributed by atoms with E-state index in [4.69, 9.17) is 16.2 Å². The minimum atomic E-state index is -1.40. The molecule has 0 spiro atoms. The molecule has 0 saturated carbocycles. The molecule has 0 saturated heterocycles. The Labute approximate surface area is 64.0 Å². The highest BCUT2D eigenvalue weighted by atomic mass is 35.5. The first-order valence-corrected chi connectivity index (χ1v) is 3.89. The molecule has 0 fully saturated rings. The van der Waals surface area contributed by atoms with Crippen LogP contribution in [0.1, 0.15) is 0 Å². The Hall–Kier alpha value is -0.650. The van der Waals surface area contributed by atoms with Crippen LogP contribution in [0.25, 0.3) is 0 Å². The SMILES string of the molecule is O=[N+]([O-])c1cc(Cl)c[s+]1O. The third kappa shape index (κ3) is 1.26. The number of thiophene rings is 1. The molecular weight excluding hydrogens is 178 g/mol. The minimum Gasteiger partial charge on any atom is -0.254 e. The van der Waals surface area contributed by atoms with Gasteiger partial charge in [-0.1, -0.05) is 11.6 Å². The standard InChI is InChI=1S/C4H3ClNO3S/c5-3-1-4(6(7)8)10(9)2-3/h1-2,9H/q+1. The van der Waals surface area contributed by atoms with Crippen molar-refractivity contribution in [1.29, 1.82) is 0 Å². The second-order valence-corrected chi connectivity index (χ2v) is 3.28. The summed E-state index contributed by atoms with van der Waals surface area (Å²) < 4.78 is 8.89. The lowest BCUT2D eigenvalue weighted by Gasteiger charge is -1.74. The lowest BCUT2D eigenvalue weighted by Crippen LogP contribution is -1.82. The third-order valence-corrected chi connectivity index (χ3v) is 2.40. The summed E-state index contributed by atoms with van der Waals surface area (Å²) in [6.45, 7) is 0. The zero-order valence-corrected chi connectivity index (χ0v) is 6.22. The quantitative estimate of drug-likeness (QED) is 0.409. The number of rotatable bonds is 1. The monoisotopic (exact) mass is 180 g/mol. The second kappa shape index (κ2) is 2.53. The van der Waals surface area contributed by atoms with E-state index in [1.165, 1.54) is 5.38 Å². The summed E-state index contributed by atoms with van der Waals surface area (Å²) in [5, 5.41) is 11.3. The number of hydrogen-bond acceptors (Lipinski definition) is 3. The van der Waals surface area contributed by atoms with E-state index in [1.54, 1.807) is 0 Å². The molecule has 0 aliphatic carbocycles. The van der Waals surface area contributed by atoms with Crippen LogP contribution in [-0.2, 0) is 0 Å². The second-order valence-electron chi connectivity index (χ2n) is 1.56. The summed E-state index contributed by atoms with van der Waals surface area (Å²) in [6, 6.07) is 1.14. The van der Waals surface area contributed by atoms with Crippen molar-refractivity contribution in [3.05, 3.63) is 26.6 Å². The van der Waals surface area contributed by atoms with Gasteiger partial charge in [0.2, 0.25) is 16.1 Å². The van der Waals surface area contributed by atoms with E-state index in [0.29, 0.717) is 0 Å². The maximum Gasteiger partial charge on any atom is 0.498 e. The molecule has 0 amide bonds. The topological polar surface area (TPSA) is 63.4 Å². The van der Waals surface area contributed by atoms with Crippen molar-refractivity contribution in [2.45, 2.75) is 0 Å². The van der Waals surface area contributed by atoms with Gasteiger partial charge in [-0.25, -0.2) is 0 Å². The Morgan fingerprint density at radius 1 is 1.80 bits per heavy atom. The van der Waals surface area contributed by atoms with Gasteiger partial charge in [0.1, 0.15) is 16.0 Å². The highest BCUT2D eigenvalue weighted by molar-refractivity contribution is 7.27. The van der Waals surface area contributed by atoms with Gasteiger partial charge in [-0.15, -0.1) is 0 Å². The summed E-state index contributed by atoms with van der Waals surface area (Å²) in [7, 11) is -1.40. The number of hydrogen-bond donors (Lipinski definition) is 1. The first kappa shape index (κ1) is 7.46. The van der Waals surface area contributed by atoms with Crippen molar-refractivity contribution in [2.24, 2.45) is 0 Å². The summed E-state index contributed by atoms with van der Waals surface area (Å²) >= 11 is 5.37. The van der Waals surface area contributed by atoms with Crippen LogP contribution in [0.5, 0.6) is 0 Å². The largest absolute Gasteiger partial charge is 0.498 e. The van der Waals surface area contributed by atoms with E-state index in [1.807, 2.05) is 0 Å². The van der Waals surface area contributed by atoms with Crippen molar-refractivity contribution in [1.82, 2.24) is 0 Å².